The molecule has 14 heavy (non-hydrogen) atoms. The second-order valence-electron chi connectivity index (χ2n) is 3.92. The van der Waals surface area contributed by atoms with Gasteiger partial charge in [-0.2, -0.15) is 0 Å². The second kappa shape index (κ2) is 4.17. The van der Waals surface area contributed by atoms with Crippen molar-refractivity contribution in [2.45, 2.75) is 25.9 Å². The molecular formula is C10H14ClNOS. The van der Waals surface area contributed by atoms with E-state index in [2.05, 4.69) is 17.3 Å². The Bertz CT molecular complexity index is 290. The van der Waals surface area contributed by atoms with Crippen LogP contribution < -0.4 is 0 Å². The molecule has 4 heteroatoms. The predicted molar refractivity (Wildman–Crippen MR) is 59.0 cm³/mol. The van der Waals surface area contributed by atoms with Gasteiger partial charge in [0.25, 0.3) is 0 Å². The lowest BCUT2D eigenvalue weighted by Gasteiger charge is -2.28. The molecule has 0 radical (unpaired) electrons. The number of ether oxygens (including phenoxy) is 1. The molecule has 2 heterocycles. The zero-order valence-electron chi connectivity index (χ0n) is 8.20. The molecule has 1 saturated heterocycles. The van der Waals surface area contributed by atoms with Crippen molar-refractivity contribution >= 4 is 22.9 Å². The summed E-state index contributed by atoms with van der Waals surface area (Å²) in [5, 5.41) is 2.10. The molecule has 0 amide bonds. The van der Waals surface area contributed by atoms with Crippen LogP contribution in [0, 0.1) is 5.41 Å². The first kappa shape index (κ1) is 10.4. The molecule has 1 aromatic heterocycles. The van der Waals surface area contributed by atoms with E-state index in [0.29, 0.717) is 5.88 Å². The van der Waals surface area contributed by atoms with E-state index in [1.807, 2.05) is 5.51 Å². The van der Waals surface area contributed by atoms with Gasteiger partial charge < -0.3 is 4.74 Å². The van der Waals surface area contributed by atoms with Gasteiger partial charge in [-0.25, -0.2) is 4.98 Å². The lowest BCUT2D eigenvalue weighted by molar-refractivity contribution is 0.0732. The van der Waals surface area contributed by atoms with Gasteiger partial charge >= 0.3 is 0 Å². The minimum Gasteiger partial charge on any atom is -0.378 e. The summed E-state index contributed by atoms with van der Waals surface area (Å²) < 4.78 is 5.60. The zero-order valence-corrected chi connectivity index (χ0v) is 9.77. The van der Waals surface area contributed by atoms with Crippen LogP contribution in [0.3, 0.4) is 0 Å². The van der Waals surface area contributed by atoms with E-state index < -0.39 is 0 Å². The van der Waals surface area contributed by atoms with Crippen molar-refractivity contribution < 1.29 is 4.74 Å². The third-order valence-electron chi connectivity index (χ3n) is 3.11. The summed E-state index contributed by atoms with van der Waals surface area (Å²) in [6.07, 6.45) is 2.25. The quantitative estimate of drug-likeness (QED) is 0.747. The Balaban J connectivity index is 2.13. The normalized spacial score (nSPS) is 32.3. The average Bonchev–Trinajstić information content (AvgIpc) is 2.79. The molecule has 0 aromatic carbocycles. The first-order valence-corrected chi connectivity index (χ1v) is 6.29. The molecule has 78 valence electrons. The standard InChI is InChI=1S/C10H14ClNOS/c1-8-10(6-11,2-3-13-8)4-9-5-14-7-12-9/h5,7-8H,2-4,6H2,1H3. The third kappa shape index (κ3) is 1.81. The maximum Gasteiger partial charge on any atom is 0.0794 e. The van der Waals surface area contributed by atoms with Crippen molar-refractivity contribution in [3.63, 3.8) is 0 Å². The van der Waals surface area contributed by atoms with Crippen molar-refractivity contribution in [1.29, 1.82) is 0 Å². The van der Waals surface area contributed by atoms with Gasteiger partial charge in [-0.15, -0.1) is 22.9 Å². The molecule has 0 saturated carbocycles. The summed E-state index contributed by atoms with van der Waals surface area (Å²) in [4.78, 5) is 4.31. The van der Waals surface area contributed by atoms with Crippen molar-refractivity contribution in [2.75, 3.05) is 12.5 Å². The minimum atomic E-state index is 0.107. The lowest BCUT2D eigenvalue weighted by atomic mass is 9.79. The molecule has 0 N–H and O–H groups in total. The summed E-state index contributed by atoms with van der Waals surface area (Å²) in [7, 11) is 0. The molecule has 2 atom stereocenters. The Labute approximate surface area is 93.3 Å². The van der Waals surface area contributed by atoms with E-state index in [1.165, 1.54) is 0 Å². The molecule has 1 aliphatic rings. The van der Waals surface area contributed by atoms with Crippen LogP contribution in [-0.2, 0) is 11.2 Å². The molecule has 1 aromatic rings. The monoisotopic (exact) mass is 231 g/mol. The lowest BCUT2D eigenvalue weighted by Crippen LogP contribution is -2.33. The molecule has 2 rings (SSSR count). The summed E-state index contributed by atoms with van der Waals surface area (Å²) in [5.74, 6) is 0.658. The average molecular weight is 232 g/mol. The van der Waals surface area contributed by atoms with Crippen LogP contribution in [0.4, 0.5) is 0 Å². The van der Waals surface area contributed by atoms with Gasteiger partial charge in [0.2, 0.25) is 0 Å². The zero-order chi connectivity index (χ0) is 10.0. The topological polar surface area (TPSA) is 22.1 Å². The molecule has 0 aliphatic carbocycles. The molecular weight excluding hydrogens is 218 g/mol. The highest BCUT2D eigenvalue weighted by Crippen LogP contribution is 2.39. The number of hydrogen-bond donors (Lipinski definition) is 0. The van der Waals surface area contributed by atoms with E-state index in [1.54, 1.807) is 11.3 Å². The highest BCUT2D eigenvalue weighted by Gasteiger charge is 2.41. The Morgan fingerprint density at radius 1 is 1.79 bits per heavy atom. The molecule has 2 unspecified atom stereocenters. The predicted octanol–water partition coefficient (Wildman–Crippen LogP) is 2.72. The Kier molecular flexibility index (Phi) is 3.10. The van der Waals surface area contributed by atoms with Crippen LogP contribution in [-0.4, -0.2) is 23.6 Å². The summed E-state index contributed by atoms with van der Waals surface area (Å²) in [6.45, 7) is 2.94. The van der Waals surface area contributed by atoms with Gasteiger partial charge in [-0.1, -0.05) is 0 Å². The Hall–Kier alpha value is -0.120. The third-order valence-corrected chi connectivity index (χ3v) is 4.28. The van der Waals surface area contributed by atoms with Crippen molar-refractivity contribution in [3.8, 4) is 0 Å². The van der Waals surface area contributed by atoms with Crippen LogP contribution in [0.25, 0.3) is 0 Å². The van der Waals surface area contributed by atoms with E-state index in [4.69, 9.17) is 16.3 Å². The largest absolute Gasteiger partial charge is 0.378 e. The fourth-order valence-corrected chi connectivity index (χ4v) is 2.96. The smallest absolute Gasteiger partial charge is 0.0794 e. The van der Waals surface area contributed by atoms with Gasteiger partial charge in [0, 0.05) is 23.3 Å². The maximum absolute atomic E-state index is 6.07. The maximum atomic E-state index is 6.07. The molecule has 0 spiro atoms. The van der Waals surface area contributed by atoms with Crippen LogP contribution in [0.1, 0.15) is 19.0 Å². The number of alkyl halides is 1. The first-order chi connectivity index (χ1) is 6.77. The van der Waals surface area contributed by atoms with Crippen LogP contribution in [0.2, 0.25) is 0 Å². The van der Waals surface area contributed by atoms with Gasteiger partial charge in [0.15, 0.2) is 0 Å². The van der Waals surface area contributed by atoms with Crippen LogP contribution in [0.15, 0.2) is 10.9 Å². The van der Waals surface area contributed by atoms with E-state index in [0.717, 1.165) is 25.1 Å². The van der Waals surface area contributed by atoms with Gasteiger partial charge in [-0.3, -0.25) is 0 Å². The van der Waals surface area contributed by atoms with Crippen LogP contribution in [0.5, 0.6) is 0 Å². The Morgan fingerprint density at radius 2 is 2.64 bits per heavy atom. The SMILES string of the molecule is CC1OCCC1(CCl)Cc1cscn1. The highest BCUT2D eigenvalue weighted by atomic mass is 35.5. The molecule has 2 nitrogen and oxygen atoms in total. The van der Waals surface area contributed by atoms with E-state index in [9.17, 15) is 0 Å². The molecule has 1 fully saturated rings. The number of halogens is 1. The van der Waals surface area contributed by atoms with Gasteiger partial charge in [0.1, 0.15) is 0 Å². The number of aromatic nitrogens is 1. The first-order valence-electron chi connectivity index (χ1n) is 4.81. The summed E-state index contributed by atoms with van der Waals surface area (Å²) in [5.41, 5.74) is 3.13. The van der Waals surface area contributed by atoms with Gasteiger partial charge in [0.05, 0.1) is 17.3 Å². The van der Waals surface area contributed by atoms with Gasteiger partial charge in [-0.05, 0) is 19.8 Å². The minimum absolute atomic E-state index is 0.107. The van der Waals surface area contributed by atoms with Crippen molar-refractivity contribution in [2.24, 2.45) is 5.41 Å². The summed E-state index contributed by atoms with van der Waals surface area (Å²) in [6, 6.07) is 0. The van der Waals surface area contributed by atoms with E-state index >= 15 is 0 Å². The van der Waals surface area contributed by atoms with Crippen molar-refractivity contribution in [3.05, 3.63) is 16.6 Å². The number of hydrogen-bond acceptors (Lipinski definition) is 3. The molecule has 1 aliphatic heterocycles. The second-order valence-corrected chi connectivity index (χ2v) is 4.90. The highest BCUT2D eigenvalue weighted by molar-refractivity contribution is 7.07. The number of nitrogens with zero attached hydrogens (tertiary/aromatic N) is 1. The number of rotatable bonds is 3. The number of thiazole rings is 1. The Morgan fingerprint density at radius 3 is 3.14 bits per heavy atom. The fourth-order valence-electron chi connectivity index (χ4n) is 1.96. The van der Waals surface area contributed by atoms with E-state index in [-0.39, 0.29) is 11.5 Å². The van der Waals surface area contributed by atoms with Crippen molar-refractivity contribution in [1.82, 2.24) is 4.98 Å². The van der Waals surface area contributed by atoms with Crippen LogP contribution >= 0.6 is 22.9 Å². The summed E-state index contributed by atoms with van der Waals surface area (Å²) >= 11 is 7.71. The molecule has 0 bridgehead atoms. The fraction of sp³-hybridized carbons (Fsp3) is 0.700.